The molecule has 8 heteroatoms. The van der Waals surface area contributed by atoms with E-state index in [4.69, 9.17) is 9.72 Å². The van der Waals surface area contributed by atoms with Crippen LogP contribution in [0.3, 0.4) is 0 Å². The van der Waals surface area contributed by atoms with Crippen LogP contribution in [0.4, 0.5) is 0 Å². The number of hydrogen-bond donors (Lipinski definition) is 0. The molecule has 4 rings (SSSR count). The summed E-state index contributed by atoms with van der Waals surface area (Å²) in [5, 5.41) is 0. The average Bonchev–Trinajstić information content (AvgIpc) is 3.09. The number of allylic oxidation sites excluding steroid dienone is 1. The predicted octanol–water partition coefficient (Wildman–Crippen LogP) is 1.76. The lowest BCUT2D eigenvalue weighted by atomic mass is 10.2. The van der Waals surface area contributed by atoms with Crippen LogP contribution in [0.1, 0.15) is 25.2 Å². The van der Waals surface area contributed by atoms with Gasteiger partial charge >= 0.3 is 5.69 Å². The highest BCUT2D eigenvalue weighted by molar-refractivity contribution is 5.71. The van der Waals surface area contributed by atoms with Gasteiger partial charge in [-0.3, -0.25) is 18.8 Å². The van der Waals surface area contributed by atoms with Crippen molar-refractivity contribution in [2.24, 2.45) is 14.1 Å². The molecule has 31 heavy (non-hydrogen) atoms. The maximum atomic E-state index is 13.0. The van der Waals surface area contributed by atoms with Crippen molar-refractivity contribution in [2.45, 2.75) is 39.1 Å². The highest BCUT2D eigenvalue weighted by Gasteiger charge is 2.25. The quantitative estimate of drug-likeness (QED) is 0.625. The van der Waals surface area contributed by atoms with E-state index in [1.807, 2.05) is 47.1 Å². The van der Waals surface area contributed by atoms with E-state index in [1.165, 1.54) is 11.6 Å². The second kappa shape index (κ2) is 8.64. The minimum absolute atomic E-state index is 0.136. The Morgan fingerprint density at radius 2 is 1.74 bits per heavy atom. The smallest absolute Gasteiger partial charge is 0.332 e. The lowest BCUT2D eigenvalue weighted by Crippen LogP contribution is -2.45. The van der Waals surface area contributed by atoms with Crippen LogP contribution in [-0.4, -0.2) is 48.9 Å². The summed E-state index contributed by atoms with van der Waals surface area (Å²) < 4.78 is 10.4. The van der Waals surface area contributed by atoms with Crippen LogP contribution < -0.4 is 11.2 Å². The van der Waals surface area contributed by atoms with Gasteiger partial charge in [0.2, 0.25) is 0 Å². The second-order valence-corrected chi connectivity index (χ2v) is 8.28. The summed E-state index contributed by atoms with van der Waals surface area (Å²) in [7, 11) is 3.16. The fourth-order valence-corrected chi connectivity index (χ4v) is 4.28. The number of rotatable bonds is 5. The third-order valence-electron chi connectivity index (χ3n) is 5.69. The number of nitrogens with zero attached hydrogens (tertiary/aromatic N) is 5. The number of aromatic nitrogens is 4. The SMILES string of the molecule is CC1CN(Cc2nc3c(c(=O)n(C)c(=O)n3C)n2C/C=C/c2ccccc2)CC(C)O1. The van der Waals surface area contributed by atoms with Gasteiger partial charge in [0.05, 0.1) is 18.8 Å². The van der Waals surface area contributed by atoms with Gasteiger partial charge in [-0.25, -0.2) is 9.78 Å². The van der Waals surface area contributed by atoms with Crippen LogP contribution in [0.5, 0.6) is 0 Å². The summed E-state index contributed by atoms with van der Waals surface area (Å²) in [4.78, 5) is 32.5. The molecular formula is C23H29N5O3. The number of ether oxygens (including phenoxy) is 1. The first-order valence-corrected chi connectivity index (χ1v) is 10.6. The van der Waals surface area contributed by atoms with Crippen molar-refractivity contribution in [3.63, 3.8) is 0 Å². The van der Waals surface area contributed by atoms with E-state index in [0.29, 0.717) is 24.3 Å². The second-order valence-electron chi connectivity index (χ2n) is 8.28. The van der Waals surface area contributed by atoms with Crippen LogP contribution in [0, 0.1) is 0 Å². The summed E-state index contributed by atoms with van der Waals surface area (Å²) in [6.07, 6.45) is 4.32. The Bertz CT molecular complexity index is 1210. The molecule has 1 aliphatic heterocycles. The molecular weight excluding hydrogens is 394 g/mol. The molecule has 0 N–H and O–H groups in total. The van der Waals surface area contributed by atoms with Gasteiger partial charge in [0.25, 0.3) is 5.56 Å². The minimum atomic E-state index is -0.373. The zero-order valence-electron chi connectivity index (χ0n) is 18.5. The summed E-state index contributed by atoms with van der Waals surface area (Å²) in [5.74, 6) is 0.771. The first kappa shape index (κ1) is 21.3. The number of morpholine rings is 1. The maximum absolute atomic E-state index is 13.0. The molecule has 1 aromatic carbocycles. The molecule has 3 aromatic rings. The maximum Gasteiger partial charge on any atom is 0.332 e. The lowest BCUT2D eigenvalue weighted by molar-refractivity contribution is -0.0712. The Labute approximate surface area is 181 Å². The third kappa shape index (κ3) is 4.26. The Balaban J connectivity index is 1.76. The molecule has 164 valence electrons. The van der Waals surface area contributed by atoms with Gasteiger partial charge in [-0.2, -0.15) is 0 Å². The lowest BCUT2D eigenvalue weighted by Gasteiger charge is -2.35. The molecule has 0 bridgehead atoms. The average molecular weight is 424 g/mol. The van der Waals surface area contributed by atoms with Gasteiger partial charge in [0.1, 0.15) is 5.82 Å². The van der Waals surface area contributed by atoms with Crippen LogP contribution in [0.15, 0.2) is 46.0 Å². The zero-order valence-corrected chi connectivity index (χ0v) is 18.5. The Morgan fingerprint density at radius 1 is 1.06 bits per heavy atom. The standard InChI is InChI=1S/C23H29N5O3/c1-16-13-27(14-17(2)31-16)15-19-24-21-20(22(29)26(4)23(30)25(21)3)28(19)12-8-11-18-9-6-5-7-10-18/h5-11,16-17H,12-15H2,1-4H3/b11-8+. The number of imidazole rings is 1. The minimum Gasteiger partial charge on any atom is -0.373 e. The van der Waals surface area contributed by atoms with E-state index in [9.17, 15) is 9.59 Å². The molecule has 2 atom stereocenters. The fraction of sp³-hybridized carbons (Fsp3) is 0.435. The number of hydrogen-bond acceptors (Lipinski definition) is 5. The molecule has 0 amide bonds. The van der Waals surface area contributed by atoms with Gasteiger partial charge in [-0.05, 0) is 19.4 Å². The highest BCUT2D eigenvalue weighted by Crippen LogP contribution is 2.17. The summed E-state index contributed by atoms with van der Waals surface area (Å²) in [6, 6.07) is 10.0. The Morgan fingerprint density at radius 3 is 2.42 bits per heavy atom. The van der Waals surface area contributed by atoms with Crippen LogP contribution in [-0.2, 0) is 31.9 Å². The van der Waals surface area contributed by atoms with Gasteiger partial charge in [-0.15, -0.1) is 0 Å². The van der Waals surface area contributed by atoms with Crippen molar-refractivity contribution in [1.82, 2.24) is 23.6 Å². The van der Waals surface area contributed by atoms with E-state index >= 15 is 0 Å². The first-order valence-electron chi connectivity index (χ1n) is 10.6. The molecule has 8 nitrogen and oxygen atoms in total. The van der Waals surface area contributed by atoms with Crippen molar-refractivity contribution in [3.05, 3.63) is 68.6 Å². The normalized spacial score (nSPS) is 20.1. The molecule has 2 aromatic heterocycles. The molecule has 0 radical (unpaired) electrons. The molecule has 2 unspecified atom stereocenters. The van der Waals surface area contributed by atoms with E-state index in [-0.39, 0.29) is 23.5 Å². The Hall–Kier alpha value is -2.97. The molecule has 0 aliphatic carbocycles. The van der Waals surface area contributed by atoms with Gasteiger partial charge in [0, 0.05) is 33.7 Å². The van der Waals surface area contributed by atoms with E-state index in [0.717, 1.165) is 29.0 Å². The van der Waals surface area contributed by atoms with Crippen molar-refractivity contribution in [1.29, 1.82) is 0 Å². The fourth-order valence-electron chi connectivity index (χ4n) is 4.28. The van der Waals surface area contributed by atoms with Crippen molar-refractivity contribution >= 4 is 17.2 Å². The van der Waals surface area contributed by atoms with Crippen molar-refractivity contribution < 1.29 is 4.74 Å². The predicted molar refractivity (Wildman–Crippen MR) is 121 cm³/mol. The third-order valence-corrected chi connectivity index (χ3v) is 5.69. The molecule has 1 saturated heterocycles. The van der Waals surface area contributed by atoms with E-state index < -0.39 is 0 Å². The summed E-state index contributed by atoms with van der Waals surface area (Å²) in [5.41, 5.74) is 1.26. The molecule has 1 aliphatic rings. The van der Waals surface area contributed by atoms with Crippen LogP contribution in [0.25, 0.3) is 17.2 Å². The zero-order chi connectivity index (χ0) is 22.1. The number of benzene rings is 1. The largest absolute Gasteiger partial charge is 0.373 e. The number of aryl methyl sites for hydroxylation is 1. The molecule has 0 saturated carbocycles. The van der Waals surface area contributed by atoms with Gasteiger partial charge < -0.3 is 9.30 Å². The molecule has 3 heterocycles. The molecule has 1 fully saturated rings. The van der Waals surface area contributed by atoms with Gasteiger partial charge in [-0.1, -0.05) is 42.5 Å². The topological polar surface area (TPSA) is 74.3 Å². The van der Waals surface area contributed by atoms with E-state index in [1.54, 1.807) is 7.05 Å². The molecule has 0 spiro atoms. The first-order chi connectivity index (χ1) is 14.8. The van der Waals surface area contributed by atoms with Crippen molar-refractivity contribution in [2.75, 3.05) is 13.1 Å². The van der Waals surface area contributed by atoms with E-state index in [2.05, 4.69) is 18.7 Å². The Kier molecular flexibility index (Phi) is 5.93. The monoisotopic (exact) mass is 423 g/mol. The van der Waals surface area contributed by atoms with Crippen molar-refractivity contribution in [3.8, 4) is 0 Å². The van der Waals surface area contributed by atoms with Gasteiger partial charge in [0.15, 0.2) is 11.2 Å². The number of fused-ring (bicyclic) bond motifs is 1. The summed E-state index contributed by atoms with van der Waals surface area (Å²) in [6.45, 7) is 6.79. The van der Waals surface area contributed by atoms with Crippen LogP contribution >= 0.6 is 0 Å². The summed E-state index contributed by atoms with van der Waals surface area (Å²) >= 11 is 0. The van der Waals surface area contributed by atoms with Crippen LogP contribution in [0.2, 0.25) is 0 Å². The highest BCUT2D eigenvalue weighted by atomic mass is 16.5.